The van der Waals surface area contributed by atoms with Gasteiger partial charge in [0.15, 0.2) is 0 Å². The minimum absolute atomic E-state index is 0.584. The highest BCUT2D eigenvalue weighted by Crippen LogP contribution is 2.41. The second kappa shape index (κ2) is 6.50. The number of ether oxygens (including phenoxy) is 2. The van der Waals surface area contributed by atoms with E-state index in [9.17, 15) is 5.11 Å². The minimum atomic E-state index is -0.749. The molecule has 2 aromatic carbocycles. The number of halogens is 1. The molecule has 0 radical (unpaired) electrons. The van der Waals surface area contributed by atoms with E-state index >= 15 is 0 Å². The van der Waals surface area contributed by atoms with Gasteiger partial charge in [0.2, 0.25) is 0 Å². The van der Waals surface area contributed by atoms with Gasteiger partial charge in [0, 0.05) is 5.56 Å². The number of aliphatic hydroxyl groups excluding tert-OH is 1. The summed E-state index contributed by atoms with van der Waals surface area (Å²) in [6, 6.07) is 9.68. The van der Waals surface area contributed by atoms with Gasteiger partial charge in [-0.3, -0.25) is 0 Å². The van der Waals surface area contributed by atoms with Crippen LogP contribution in [0.2, 0.25) is 0 Å². The first-order valence-corrected chi connectivity index (χ1v) is 7.44. The van der Waals surface area contributed by atoms with Crippen molar-refractivity contribution in [1.29, 1.82) is 0 Å². The fourth-order valence-corrected chi connectivity index (χ4v) is 3.17. The predicted octanol–water partition coefficient (Wildman–Crippen LogP) is 4.16. The Morgan fingerprint density at radius 2 is 1.62 bits per heavy atom. The molecule has 21 heavy (non-hydrogen) atoms. The van der Waals surface area contributed by atoms with Crippen LogP contribution >= 0.6 is 15.9 Å². The van der Waals surface area contributed by atoms with Gasteiger partial charge in [-0.2, -0.15) is 0 Å². The van der Waals surface area contributed by atoms with Crippen molar-refractivity contribution in [2.45, 2.75) is 20.0 Å². The lowest BCUT2D eigenvalue weighted by atomic mass is 9.97. The summed E-state index contributed by atoms with van der Waals surface area (Å²) in [4.78, 5) is 0. The monoisotopic (exact) mass is 350 g/mol. The van der Waals surface area contributed by atoms with Crippen LogP contribution in [0.15, 0.2) is 34.8 Å². The lowest BCUT2D eigenvalue weighted by Gasteiger charge is -2.18. The van der Waals surface area contributed by atoms with Crippen LogP contribution in [0.25, 0.3) is 0 Å². The molecule has 0 aliphatic carbocycles. The molecule has 3 nitrogen and oxygen atoms in total. The molecule has 0 bridgehead atoms. The molecule has 0 aliphatic rings. The predicted molar refractivity (Wildman–Crippen MR) is 87.2 cm³/mol. The lowest BCUT2D eigenvalue weighted by Crippen LogP contribution is -2.04. The number of methoxy groups -OCH3 is 2. The van der Waals surface area contributed by atoms with Crippen LogP contribution in [0.3, 0.4) is 0 Å². The third-order valence-electron chi connectivity index (χ3n) is 3.37. The van der Waals surface area contributed by atoms with Gasteiger partial charge in [0.25, 0.3) is 0 Å². The van der Waals surface area contributed by atoms with Crippen molar-refractivity contribution in [3.8, 4) is 11.5 Å². The van der Waals surface area contributed by atoms with Crippen molar-refractivity contribution in [2.75, 3.05) is 14.2 Å². The van der Waals surface area contributed by atoms with Crippen molar-refractivity contribution in [3.05, 3.63) is 57.1 Å². The maximum absolute atomic E-state index is 10.7. The molecule has 1 atom stereocenters. The molecule has 0 aliphatic heterocycles. The molecule has 4 heteroatoms. The summed E-state index contributed by atoms with van der Waals surface area (Å²) >= 11 is 3.46. The summed E-state index contributed by atoms with van der Waals surface area (Å²) in [7, 11) is 3.18. The van der Waals surface area contributed by atoms with Crippen LogP contribution in [0.1, 0.15) is 28.4 Å². The summed E-state index contributed by atoms with van der Waals surface area (Å²) in [5, 5.41) is 10.7. The van der Waals surface area contributed by atoms with E-state index in [1.807, 2.05) is 38.1 Å². The van der Waals surface area contributed by atoms with Crippen molar-refractivity contribution >= 4 is 15.9 Å². The zero-order valence-electron chi connectivity index (χ0n) is 12.6. The quantitative estimate of drug-likeness (QED) is 0.899. The normalized spacial score (nSPS) is 12.1. The van der Waals surface area contributed by atoms with E-state index in [0.717, 1.165) is 16.7 Å². The van der Waals surface area contributed by atoms with Gasteiger partial charge in [-0.05, 0) is 47.5 Å². The van der Waals surface area contributed by atoms with E-state index in [1.165, 1.54) is 0 Å². The second-order valence-electron chi connectivity index (χ2n) is 5.03. The number of hydrogen-bond acceptors (Lipinski definition) is 3. The molecule has 0 saturated carbocycles. The van der Waals surface area contributed by atoms with Crippen LogP contribution in [0.4, 0.5) is 0 Å². The van der Waals surface area contributed by atoms with Crippen LogP contribution < -0.4 is 9.47 Å². The Hall–Kier alpha value is -1.52. The van der Waals surface area contributed by atoms with E-state index in [-0.39, 0.29) is 0 Å². The largest absolute Gasteiger partial charge is 0.495 e. The van der Waals surface area contributed by atoms with Gasteiger partial charge in [0.05, 0.1) is 14.2 Å². The summed E-state index contributed by atoms with van der Waals surface area (Å²) in [6.45, 7) is 4.04. The fraction of sp³-hybridized carbons (Fsp3) is 0.294. The third kappa shape index (κ3) is 3.22. The van der Waals surface area contributed by atoms with Gasteiger partial charge in [0.1, 0.15) is 22.1 Å². The maximum Gasteiger partial charge on any atom is 0.142 e. The Morgan fingerprint density at radius 1 is 1.00 bits per heavy atom. The zero-order chi connectivity index (χ0) is 15.6. The van der Waals surface area contributed by atoms with E-state index in [0.29, 0.717) is 21.5 Å². The minimum Gasteiger partial charge on any atom is -0.495 e. The molecule has 0 heterocycles. The van der Waals surface area contributed by atoms with Crippen molar-refractivity contribution < 1.29 is 14.6 Å². The molecule has 2 aromatic rings. The van der Waals surface area contributed by atoms with Gasteiger partial charge in [-0.1, -0.05) is 29.3 Å². The topological polar surface area (TPSA) is 38.7 Å². The molecular weight excluding hydrogens is 332 g/mol. The number of benzene rings is 2. The van der Waals surface area contributed by atoms with Gasteiger partial charge in [-0.25, -0.2) is 0 Å². The van der Waals surface area contributed by atoms with Crippen LogP contribution in [0.5, 0.6) is 11.5 Å². The van der Waals surface area contributed by atoms with Crippen LogP contribution in [0, 0.1) is 13.8 Å². The first-order valence-electron chi connectivity index (χ1n) is 6.64. The first-order chi connectivity index (χ1) is 9.97. The maximum atomic E-state index is 10.7. The number of hydrogen-bond donors (Lipinski definition) is 1. The molecule has 1 N–H and O–H groups in total. The van der Waals surface area contributed by atoms with Crippen molar-refractivity contribution in [3.63, 3.8) is 0 Å². The Balaban J connectivity index is 2.52. The molecule has 0 saturated heterocycles. The fourth-order valence-electron chi connectivity index (χ4n) is 2.48. The summed E-state index contributed by atoms with van der Waals surface area (Å²) in [6.07, 6.45) is -0.749. The van der Waals surface area contributed by atoms with Gasteiger partial charge >= 0.3 is 0 Å². The van der Waals surface area contributed by atoms with Crippen molar-refractivity contribution in [1.82, 2.24) is 0 Å². The van der Waals surface area contributed by atoms with E-state index < -0.39 is 6.10 Å². The molecular formula is C17H19BrO3. The summed E-state index contributed by atoms with van der Waals surface area (Å²) in [5.41, 5.74) is 3.80. The molecule has 0 amide bonds. The van der Waals surface area contributed by atoms with Gasteiger partial charge in [-0.15, -0.1) is 0 Å². The average Bonchev–Trinajstić information content (AvgIpc) is 2.45. The Labute approximate surface area is 133 Å². The Bertz CT molecular complexity index is 632. The van der Waals surface area contributed by atoms with Crippen LogP contribution in [-0.4, -0.2) is 19.3 Å². The molecule has 112 valence electrons. The van der Waals surface area contributed by atoms with Gasteiger partial charge < -0.3 is 14.6 Å². The number of aryl methyl sites for hydroxylation is 2. The highest BCUT2D eigenvalue weighted by atomic mass is 79.9. The van der Waals surface area contributed by atoms with E-state index in [2.05, 4.69) is 22.0 Å². The molecule has 1 unspecified atom stereocenters. The van der Waals surface area contributed by atoms with E-state index in [1.54, 1.807) is 14.2 Å². The SMILES string of the molecule is COc1ccc(C(O)c2cc(C)cc(C)c2)c(OC)c1Br. The Morgan fingerprint density at radius 3 is 2.14 bits per heavy atom. The Kier molecular flexibility index (Phi) is 4.91. The number of rotatable bonds is 4. The average molecular weight is 351 g/mol. The lowest BCUT2D eigenvalue weighted by molar-refractivity contribution is 0.214. The summed E-state index contributed by atoms with van der Waals surface area (Å²) in [5.74, 6) is 1.25. The van der Waals surface area contributed by atoms with Crippen LogP contribution in [-0.2, 0) is 0 Å². The first kappa shape index (κ1) is 15.9. The van der Waals surface area contributed by atoms with E-state index in [4.69, 9.17) is 9.47 Å². The number of aliphatic hydroxyl groups is 1. The standard InChI is InChI=1S/C17H19BrO3/c1-10-7-11(2)9-12(8-10)16(19)13-5-6-14(20-3)15(18)17(13)21-4/h5-9,16,19H,1-4H3. The molecule has 0 aromatic heterocycles. The highest BCUT2D eigenvalue weighted by Gasteiger charge is 2.20. The molecule has 0 fully saturated rings. The molecule has 2 rings (SSSR count). The second-order valence-corrected chi connectivity index (χ2v) is 5.82. The zero-order valence-corrected chi connectivity index (χ0v) is 14.2. The third-order valence-corrected chi connectivity index (χ3v) is 4.12. The van der Waals surface area contributed by atoms with Crippen molar-refractivity contribution in [2.24, 2.45) is 0 Å². The highest BCUT2D eigenvalue weighted by molar-refractivity contribution is 9.10. The smallest absolute Gasteiger partial charge is 0.142 e. The molecule has 0 spiro atoms. The summed E-state index contributed by atoms with van der Waals surface area (Å²) < 4.78 is 11.4.